The predicted octanol–water partition coefficient (Wildman–Crippen LogP) is 1.55. The van der Waals surface area contributed by atoms with E-state index < -0.39 is 11.8 Å². The molecule has 0 aromatic rings. The van der Waals surface area contributed by atoms with Crippen LogP contribution in [-0.2, 0) is 9.45 Å². The number of carboxylic acid groups (broad SMARTS) is 1. The normalized spacial score (nSPS) is 12.1. The fourth-order valence-electron chi connectivity index (χ4n) is 1.25. The number of carbonyl (C=O) groups is 1. The van der Waals surface area contributed by atoms with E-state index in [1.807, 2.05) is 6.08 Å². The third-order valence-electron chi connectivity index (χ3n) is 2.10. The molecule has 0 aliphatic heterocycles. The Hall–Kier alpha value is -0.805. The van der Waals surface area contributed by atoms with E-state index in [0.29, 0.717) is 6.42 Å². The van der Waals surface area contributed by atoms with Crippen LogP contribution in [0.25, 0.3) is 0 Å². The van der Waals surface area contributed by atoms with Gasteiger partial charge in [0.25, 0.3) is 0 Å². The molecule has 4 nitrogen and oxygen atoms in total. The Morgan fingerprint density at radius 1 is 1.53 bits per heavy atom. The molecule has 0 rings (SSSR count). The minimum Gasteiger partial charge on any atom is -0.481 e. The van der Waals surface area contributed by atoms with Crippen LogP contribution in [0.2, 0.25) is 5.82 Å². The summed E-state index contributed by atoms with van der Waals surface area (Å²) in [6.45, 7) is 3.66. The van der Waals surface area contributed by atoms with Crippen molar-refractivity contribution < 1.29 is 14.6 Å². The molecule has 0 aromatic heterocycles. The first-order valence-electron chi connectivity index (χ1n) is 5.21. The van der Waals surface area contributed by atoms with Crippen molar-refractivity contribution in [1.82, 2.24) is 0 Å². The molecule has 0 spiro atoms. The molecule has 0 aliphatic carbocycles. The van der Waals surface area contributed by atoms with Crippen molar-refractivity contribution >= 4 is 13.5 Å². The number of nitrogens with two attached hydrogens (primary N) is 1. The molecule has 0 aromatic carbocycles. The summed E-state index contributed by atoms with van der Waals surface area (Å²) in [6, 6.07) is 0. The third-order valence-corrected chi connectivity index (χ3v) is 2.10. The van der Waals surface area contributed by atoms with Gasteiger partial charge in [-0.2, -0.15) is 0 Å². The summed E-state index contributed by atoms with van der Waals surface area (Å²) in [5.74, 6) is -1.40. The molecule has 0 fully saturated rings. The van der Waals surface area contributed by atoms with Gasteiger partial charge in [-0.05, 0) is 19.3 Å². The van der Waals surface area contributed by atoms with E-state index in [-0.39, 0.29) is 6.73 Å². The van der Waals surface area contributed by atoms with Gasteiger partial charge in [0.1, 0.15) is 0 Å². The molecule has 0 unspecified atom stereocenters. The molecule has 0 saturated heterocycles. The van der Waals surface area contributed by atoms with Gasteiger partial charge in [-0.1, -0.05) is 18.9 Å². The monoisotopic (exact) mass is 212 g/mol. The maximum Gasteiger partial charge on any atom is 0.309 e. The molecular weight excluding hydrogens is 193 g/mol. The van der Waals surface area contributed by atoms with E-state index in [1.54, 1.807) is 0 Å². The summed E-state index contributed by atoms with van der Waals surface area (Å²) in [4.78, 5) is 10.8. The number of hydrogen-bond donors (Lipinski definition) is 2. The molecular formula is C10H19BNO3. The molecule has 0 saturated carbocycles. The molecule has 5 heteroatoms. The van der Waals surface area contributed by atoms with Gasteiger partial charge in [0.2, 0.25) is 0 Å². The standard InChI is InChI=1S/C10H19BNO3/c1-2-3-4-5-6-7-9(10(13)14)11-15-8-12/h2,9H,1,3-8,12H2,(H,13,14)/t9-/m0/s1. The molecule has 15 heavy (non-hydrogen) atoms. The Labute approximate surface area is 91.8 Å². The van der Waals surface area contributed by atoms with Crippen molar-refractivity contribution in [2.24, 2.45) is 5.73 Å². The second-order valence-corrected chi connectivity index (χ2v) is 3.34. The van der Waals surface area contributed by atoms with Crippen LogP contribution in [0, 0.1) is 0 Å². The van der Waals surface area contributed by atoms with Crippen molar-refractivity contribution in [3.63, 3.8) is 0 Å². The van der Waals surface area contributed by atoms with Crippen LogP contribution in [0.3, 0.4) is 0 Å². The quantitative estimate of drug-likeness (QED) is 0.249. The highest BCUT2D eigenvalue weighted by Crippen LogP contribution is 2.15. The maximum absolute atomic E-state index is 10.8. The number of unbranched alkanes of at least 4 members (excludes halogenated alkanes) is 3. The second kappa shape index (κ2) is 9.74. The second-order valence-electron chi connectivity index (χ2n) is 3.34. The van der Waals surface area contributed by atoms with Gasteiger partial charge >= 0.3 is 13.5 Å². The van der Waals surface area contributed by atoms with Crippen LogP contribution in [0.15, 0.2) is 12.7 Å². The molecule has 0 heterocycles. The summed E-state index contributed by atoms with van der Waals surface area (Å²) in [5, 5.41) is 8.83. The van der Waals surface area contributed by atoms with E-state index in [1.165, 1.54) is 7.48 Å². The minimum absolute atomic E-state index is 0.0280. The van der Waals surface area contributed by atoms with Gasteiger partial charge < -0.3 is 15.5 Å². The van der Waals surface area contributed by atoms with Crippen LogP contribution in [-0.4, -0.2) is 25.3 Å². The van der Waals surface area contributed by atoms with Crippen LogP contribution in [0.1, 0.15) is 32.1 Å². The number of aliphatic carboxylic acids is 1. The van der Waals surface area contributed by atoms with Gasteiger partial charge in [-0.15, -0.1) is 6.58 Å². The van der Waals surface area contributed by atoms with E-state index in [0.717, 1.165) is 25.7 Å². The number of allylic oxidation sites excluding steroid dienone is 1. The lowest BCUT2D eigenvalue weighted by Gasteiger charge is -2.09. The number of hydrogen-bond acceptors (Lipinski definition) is 3. The van der Waals surface area contributed by atoms with Crippen molar-refractivity contribution in [2.45, 2.75) is 37.9 Å². The predicted molar refractivity (Wildman–Crippen MR) is 60.6 cm³/mol. The Morgan fingerprint density at radius 2 is 2.27 bits per heavy atom. The molecule has 1 radical (unpaired) electrons. The smallest absolute Gasteiger partial charge is 0.309 e. The molecule has 0 aliphatic rings. The highest BCUT2D eigenvalue weighted by atomic mass is 16.4. The Morgan fingerprint density at radius 3 is 2.80 bits per heavy atom. The van der Waals surface area contributed by atoms with Crippen molar-refractivity contribution in [1.29, 1.82) is 0 Å². The molecule has 85 valence electrons. The van der Waals surface area contributed by atoms with E-state index in [4.69, 9.17) is 15.5 Å². The lowest BCUT2D eigenvalue weighted by molar-refractivity contribution is -0.137. The van der Waals surface area contributed by atoms with E-state index in [9.17, 15) is 4.79 Å². The summed E-state index contributed by atoms with van der Waals surface area (Å²) in [5.41, 5.74) is 5.11. The van der Waals surface area contributed by atoms with Gasteiger partial charge in [0, 0.05) is 0 Å². The highest BCUT2D eigenvalue weighted by Gasteiger charge is 2.19. The van der Waals surface area contributed by atoms with Crippen molar-refractivity contribution in [2.75, 3.05) is 6.73 Å². The zero-order valence-corrected chi connectivity index (χ0v) is 9.02. The Kier molecular flexibility index (Phi) is 9.22. The van der Waals surface area contributed by atoms with Crippen LogP contribution >= 0.6 is 0 Å². The number of rotatable bonds is 10. The Balaban J connectivity index is 3.57. The summed E-state index contributed by atoms with van der Waals surface area (Å²) in [7, 11) is 1.32. The lowest BCUT2D eigenvalue weighted by atomic mass is 9.76. The summed E-state index contributed by atoms with van der Waals surface area (Å²) >= 11 is 0. The fourth-order valence-corrected chi connectivity index (χ4v) is 1.25. The van der Waals surface area contributed by atoms with Gasteiger partial charge in [0.05, 0.1) is 12.5 Å². The molecule has 3 N–H and O–H groups in total. The molecule has 0 bridgehead atoms. The van der Waals surface area contributed by atoms with Crippen LogP contribution < -0.4 is 5.73 Å². The minimum atomic E-state index is -0.854. The topological polar surface area (TPSA) is 72.5 Å². The highest BCUT2D eigenvalue weighted by molar-refractivity contribution is 6.36. The zero-order chi connectivity index (χ0) is 11.5. The molecule has 1 atom stereocenters. The fraction of sp³-hybridized carbons (Fsp3) is 0.700. The lowest BCUT2D eigenvalue weighted by Crippen LogP contribution is -2.20. The first-order valence-corrected chi connectivity index (χ1v) is 5.21. The van der Waals surface area contributed by atoms with E-state index in [2.05, 4.69) is 6.58 Å². The first kappa shape index (κ1) is 14.2. The van der Waals surface area contributed by atoms with E-state index >= 15 is 0 Å². The summed E-state index contributed by atoms with van der Waals surface area (Å²) < 4.78 is 4.79. The average Bonchev–Trinajstić information content (AvgIpc) is 2.21. The van der Waals surface area contributed by atoms with Crippen LogP contribution in [0.4, 0.5) is 0 Å². The molecule has 0 amide bonds. The van der Waals surface area contributed by atoms with Crippen molar-refractivity contribution in [3.8, 4) is 0 Å². The van der Waals surface area contributed by atoms with Crippen molar-refractivity contribution in [3.05, 3.63) is 12.7 Å². The van der Waals surface area contributed by atoms with Gasteiger partial charge in [0.15, 0.2) is 0 Å². The summed E-state index contributed by atoms with van der Waals surface area (Å²) in [6.07, 6.45) is 6.43. The largest absolute Gasteiger partial charge is 0.481 e. The average molecular weight is 212 g/mol. The third kappa shape index (κ3) is 8.21. The van der Waals surface area contributed by atoms with Crippen LogP contribution in [0.5, 0.6) is 0 Å². The first-order chi connectivity index (χ1) is 7.22. The maximum atomic E-state index is 10.8. The Bertz CT molecular complexity index is 188. The van der Waals surface area contributed by atoms with Gasteiger partial charge in [-0.3, -0.25) is 4.79 Å². The SMILES string of the molecule is C=CCCCCC[C@H]([B]OCN)C(=O)O. The number of carboxylic acids is 1. The van der Waals surface area contributed by atoms with Gasteiger partial charge in [-0.25, -0.2) is 0 Å². The zero-order valence-electron chi connectivity index (χ0n) is 9.02.